The predicted octanol–water partition coefficient (Wildman–Crippen LogP) is 7.00. The first kappa shape index (κ1) is 52.0. The largest absolute Gasteiger partial charge is 0.459 e. The third kappa shape index (κ3) is 13.2. The number of carbonyl (C=O) groups is 6. The zero-order chi connectivity index (χ0) is 51.8. The molecule has 2 aliphatic rings. The first-order valence-electron chi connectivity index (χ1n) is 23.4. The SMILES string of the molecule is C=CCOC[C@H]1O[C@H](O[C@H]2[C@H](OC(=O)c3ccccc3)[C@@H](OC(=O)c3ccccc3)[C@H](O)O[C@@H]2COC(=O)c2ccccc2)[C@H](OC(=O)c2ccccc2)[C@@H](OC(=O)c2ccccc2)[C@H]1OC(=O)c1ccccc1. The molecule has 17 nitrogen and oxygen atoms in total. The molecule has 0 aliphatic carbocycles. The lowest BCUT2D eigenvalue weighted by molar-refractivity contribution is -0.352. The van der Waals surface area contributed by atoms with Gasteiger partial charge in [-0.15, -0.1) is 6.58 Å². The third-order valence-electron chi connectivity index (χ3n) is 11.7. The van der Waals surface area contributed by atoms with Gasteiger partial charge < -0.3 is 52.5 Å². The van der Waals surface area contributed by atoms with Crippen molar-refractivity contribution >= 4 is 35.8 Å². The van der Waals surface area contributed by atoms with Crippen molar-refractivity contribution in [3.63, 3.8) is 0 Å². The van der Waals surface area contributed by atoms with E-state index in [4.69, 9.17) is 47.4 Å². The molecule has 6 aromatic carbocycles. The van der Waals surface area contributed by atoms with Crippen molar-refractivity contribution in [3.8, 4) is 0 Å². The monoisotopic (exact) mass is 1010 g/mol. The summed E-state index contributed by atoms with van der Waals surface area (Å²) in [6.07, 6.45) is -16.4. The predicted molar refractivity (Wildman–Crippen MR) is 260 cm³/mol. The molecule has 2 heterocycles. The molecule has 0 unspecified atom stereocenters. The number of rotatable bonds is 19. The number of hydrogen-bond donors (Lipinski definition) is 1. The summed E-state index contributed by atoms with van der Waals surface area (Å²) >= 11 is 0. The number of hydrogen-bond acceptors (Lipinski definition) is 17. The van der Waals surface area contributed by atoms with Gasteiger partial charge in [0, 0.05) is 0 Å². The van der Waals surface area contributed by atoms with Crippen molar-refractivity contribution in [1.82, 2.24) is 0 Å². The van der Waals surface area contributed by atoms with Crippen LogP contribution >= 0.6 is 0 Å². The molecule has 1 N–H and O–H groups in total. The van der Waals surface area contributed by atoms with Crippen LogP contribution < -0.4 is 0 Å². The van der Waals surface area contributed by atoms with E-state index in [1.165, 1.54) is 78.9 Å². The maximum absolute atomic E-state index is 14.3. The van der Waals surface area contributed by atoms with Crippen molar-refractivity contribution in [2.75, 3.05) is 19.8 Å². The molecular formula is C57H50O17. The van der Waals surface area contributed by atoms with Gasteiger partial charge in [-0.2, -0.15) is 0 Å². The van der Waals surface area contributed by atoms with E-state index in [0.717, 1.165) is 0 Å². The van der Waals surface area contributed by atoms with Gasteiger partial charge in [0.2, 0.25) is 0 Å². The van der Waals surface area contributed by atoms with E-state index in [1.54, 1.807) is 109 Å². The Morgan fingerprint density at radius 1 is 0.405 bits per heavy atom. The molecule has 8 rings (SSSR count). The first-order valence-corrected chi connectivity index (χ1v) is 23.4. The summed E-state index contributed by atoms with van der Waals surface area (Å²) in [6.45, 7) is 2.58. The van der Waals surface area contributed by atoms with E-state index < -0.39 is 104 Å². The lowest BCUT2D eigenvalue weighted by Crippen LogP contribution is -2.67. The lowest BCUT2D eigenvalue weighted by atomic mass is 9.95. The highest BCUT2D eigenvalue weighted by Crippen LogP contribution is 2.36. The normalized spacial score (nSPS) is 23.2. The molecule has 0 saturated carbocycles. The highest BCUT2D eigenvalue weighted by atomic mass is 16.8. The van der Waals surface area contributed by atoms with Gasteiger partial charge in [-0.05, 0) is 72.8 Å². The fraction of sp³-hybridized carbons (Fsp3) is 0.228. The van der Waals surface area contributed by atoms with Crippen LogP contribution in [0.5, 0.6) is 0 Å². The Kier molecular flexibility index (Phi) is 17.8. The van der Waals surface area contributed by atoms with Crippen LogP contribution in [0.25, 0.3) is 0 Å². The van der Waals surface area contributed by atoms with E-state index in [-0.39, 0.29) is 46.6 Å². The van der Waals surface area contributed by atoms with Crippen LogP contribution in [0.4, 0.5) is 0 Å². The highest BCUT2D eigenvalue weighted by Gasteiger charge is 2.58. The van der Waals surface area contributed by atoms with Gasteiger partial charge in [-0.3, -0.25) is 0 Å². The first-order chi connectivity index (χ1) is 36.1. The fourth-order valence-corrected chi connectivity index (χ4v) is 8.04. The van der Waals surface area contributed by atoms with Gasteiger partial charge >= 0.3 is 35.8 Å². The summed E-state index contributed by atoms with van der Waals surface area (Å²) < 4.78 is 61.9. The van der Waals surface area contributed by atoms with E-state index in [1.807, 2.05) is 0 Å². The molecule has 2 saturated heterocycles. The summed E-state index contributed by atoms with van der Waals surface area (Å²) in [5.74, 6) is -5.57. The quantitative estimate of drug-likeness (QED) is 0.0374. The van der Waals surface area contributed by atoms with Gasteiger partial charge in [-0.1, -0.05) is 115 Å². The molecule has 380 valence electrons. The Labute approximate surface area is 425 Å². The maximum Gasteiger partial charge on any atom is 0.338 e. The van der Waals surface area contributed by atoms with Crippen LogP contribution in [0.1, 0.15) is 62.1 Å². The number of benzene rings is 6. The number of aliphatic hydroxyl groups is 1. The summed E-state index contributed by atoms with van der Waals surface area (Å²) in [5.41, 5.74) is 0.426. The standard InChI is InChI=1S/C57H50O17/c1-2-33-65-34-42-44(69-51(59)37-23-11-4-12-24-37)47(71-53(61)39-27-15-6-16-28-39)49(73-55(63)41-31-19-8-20-32-41)57(68-42)74-45-43(35-66-50(58)36-21-9-3-10-22-36)67-56(64)48(72-54(62)40-29-17-7-18-30-40)46(45)70-52(60)38-25-13-5-14-26-38/h2-32,42-49,56-57,64H,1,33-35H2/t42-,43-,44+,45-,46+,47+,48-,49-,56-,57-/m1/s1. The summed E-state index contributed by atoms with van der Waals surface area (Å²) in [6, 6.07) is 46.9. The minimum Gasteiger partial charge on any atom is -0.459 e. The average molecular weight is 1010 g/mol. The molecule has 0 radical (unpaired) electrons. The second-order valence-corrected chi connectivity index (χ2v) is 16.7. The van der Waals surface area contributed by atoms with Crippen molar-refractivity contribution in [2.24, 2.45) is 0 Å². The Hall–Kier alpha value is -8.32. The molecule has 17 heteroatoms. The van der Waals surface area contributed by atoms with E-state index in [0.29, 0.717) is 0 Å². The minimum atomic E-state index is -2.07. The molecule has 0 amide bonds. The molecule has 6 aromatic rings. The van der Waals surface area contributed by atoms with E-state index in [9.17, 15) is 33.9 Å². The lowest BCUT2D eigenvalue weighted by Gasteiger charge is -2.48. The van der Waals surface area contributed by atoms with Crippen LogP contribution in [0.2, 0.25) is 0 Å². The van der Waals surface area contributed by atoms with E-state index in [2.05, 4.69) is 6.58 Å². The minimum absolute atomic E-state index is 0.0334. The van der Waals surface area contributed by atoms with Crippen LogP contribution in [0.15, 0.2) is 195 Å². The smallest absolute Gasteiger partial charge is 0.338 e. The van der Waals surface area contributed by atoms with Crippen LogP contribution in [0.3, 0.4) is 0 Å². The van der Waals surface area contributed by atoms with Crippen molar-refractivity contribution in [3.05, 3.63) is 228 Å². The van der Waals surface area contributed by atoms with Crippen molar-refractivity contribution < 1.29 is 81.2 Å². The van der Waals surface area contributed by atoms with Crippen LogP contribution in [0, 0.1) is 0 Å². The second-order valence-electron chi connectivity index (χ2n) is 16.7. The number of esters is 6. The Bertz CT molecular complexity index is 2820. The van der Waals surface area contributed by atoms with E-state index >= 15 is 0 Å². The topological polar surface area (TPSA) is 215 Å². The van der Waals surface area contributed by atoms with Gasteiger partial charge in [-0.25, -0.2) is 28.8 Å². The molecule has 2 aliphatic heterocycles. The zero-order valence-electron chi connectivity index (χ0n) is 39.5. The van der Waals surface area contributed by atoms with Gasteiger partial charge in [0.15, 0.2) is 43.1 Å². The molecule has 0 aromatic heterocycles. The van der Waals surface area contributed by atoms with Crippen LogP contribution in [-0.4, -0.2) is 122 Å². The molecule has 0 bridgehead atoms. The second kappa shape index (κ2) is 25.4. The highest BCUT2D eigenvalue weighted by molar-refractivity contribution is 5.92. The van der Waals surface area contributed by atoms with Gasteiger partial charge in [0.25, 0.3) is 0 Å². The molecular weight excluding hydrogens is 957 g/mol. The number of ether oxygens (including phenoxy) is 10. The summed E-state index contributed by atoms with van der Waals surface area (Å²) in [7, 11) is 0. The fourth-order valence-electron chi connectivity index (χ4n) is 8.04. The summed E-state index contributed by atoms with van der Waals surface area (Å²) in [5, 5.41) is 11.8. The summed E-state index contributed by atoms with van der Waals surface area (Å²) in [4.78, 5) is 84.2. The van der Waals surface area contributed by atoms with Crippen molar-refractivity contribution in [1.29, 1.82) is 0 Å². The van der Waals surface area contributed by atoms with Gasteiger partial charge in [0.1, 0.15) is 24.9 Å². The molecule has 74 heavy (non-hydrogen) atoms. The molecule has 0 spiro atoms. The molecule has 10 atom stereocenters. The molecule has 2 fully saturated rings. The van der Waals surface area contributed by atoms with Crippen molar-refractivity contribution in [2.45, 2.75) is 61.4 Å². The maximum atomic E-state index is 14.3. The average Bonchev–Trinajstić information content (AvgIpc) is 3.44. The zero-order valence-corrected chi connectivity index (χ0v) is 39.5. The number of aliphatic hydroxyl groups excluding tert-OH is 1. The van der Waals surface area contributed by atoms with Crippen LogP contribution in [-0.2, 0) is 47.4 Å². The third-order valence-corrected chi connectivity index (χ3v) is 11.7. The Balaban J connectivity index is 1.26. The Morgan fingerprint density at radius 2 is 0.730 bits per heavy atom. The number of carbonyl (C=O) groups excluding carboxylic acids is 6. The Morgan fingerprint density at radius 3 is 1.12 bits per heavy atom. The van der Waals surface area contributed by atoms with Gasteiger partial charge in [0.05, 0.1) is 46.6 Å².